The normalized spacial score (nSPS) is 21.0. The number of hydrogen-bond acceptors (Lipinski definition) is 9. The minimum Gasteiger partial charge on any atom is -0.371 e. The summed E-state index contributed by atoms with van der Waals surface area (Å²) in [5.41, 5.74) is 3.08. The monoisotopic (exact) mass is 720 g/mol. The van der Waals surface area contributed by atoms with Crippen LogP contribution in [0.2, 0.25) is 5.02 Å². The Morgan fingerprint density at radius 1 is 0.820 bits per heavy atom. The van der Waals surface area contributed by atoms with Gasteiger partial charge >= 0.3 is 6.03 Å². The van der Waals surface area contributed by atoms with Gasteiger partial charge in [0.2, 0.25) is 21.9 Å². The summed E-state index contributed by atoms with van der Waals surface area (Å²) in [5, 5.41) is 6.18. The highest BCUT2D eigenvalue weighted by molar-refractivity contribution is 7.89. The minimum absolute atomic E-state index is 0.101. The second-order valence-electron chi connectivity index (χ2n) is 13.9. The molecule has 4 aliphatic heterocycles. The third-order valence-corrected chi connectivity index (χ3v) is 12.7. The van der Waals surface area contributed by atoms with Gasteiger partial charge in [0.25, 0.3) is 0 Å². The molecule has 5 heterocycles. The van der Waals surface area contributed by atoms with Crippen molar-refractivity contribution >= 4 is 50.9 Å². The lowest BCUT2D eigenvalue weighted by molar-refractivity contribution is -0.120. The lowest BCUT2D eigenvalue weighted by atomic mass is 9.88. The Morgan fingerprint density at radius 2 is 1.52 bits per heavy atom. The second kappa shape index (κ2) is 15.2. The Kier molecular flexibility index (Phi) is 10.6. The van der Waals surface area contributed by atoms with Crippen molar-refractivity contribution in [3.05, 3.63) is 71.5 Å². The number of nitrogens with zero attached hydrogens (tertiary/aromatic N) is 6. The molecule has 1 aromatic heterocycles. The van der Waals surface area contributed by atoms with Crippen LogP contribution in [0.5, 0.6) is 0 Å². The second-order valence-corrected chi connectivity index (χ2v) is 16.3. The lowest BCUT2D eigenvalue weighted by Gasteiger charge is -2.38. The zero-order chi connectivity index (χ0) is 34.7. The van der Waals surface area contributed by atoms with E-state index in [1.807, 2.05) is 30.3 Å². The average Bonchev–Trinajstić information content (AvgIpc) is 3.14. The Labute approximate surface area is 299 Å². The van der Waals surface area contributed by atoms with Crippen molar-refractivity contribution in [2.24, 2.45) is 5.92 Å². The van der Waals surface area contributed by atoms with Crippen LogP contribution in [0.15, 0.2) is 65.8 Å². The van der Waals surface area contributed by atoms with Crippen LogP contribution in [-0.4, -0.2) is 97.9 Å². The maximum absolute atomic E-state index is 13.6. The first-order chi connectivity index (χ1) is 24.2. The van der Waals surface area contributed by atoms with Crippen molar-refractivity contribution < 1.29 is 18.0 Å². The number of piperidine rings is 3. The summed E-state index contributed by atoms with van der Waals surface area (Å²) in [7, 11) is -3.60. The Morgan fingerprint density at radius 3 is 2.24 bits per heavy atom. The van der Waals surface area contributed by atoms with Crippen molar-refractivity contribution in [1.29, 1.82) is 0 Å². The molecule has 2 aromatic carbocycles. The molecule has 7 rings (SSSR count). The van der Waals surface area contributed by atoms with E-state index >= 15 is 0 Å². The smallest absolute Gasteiger partial charge is 0.328 e. The van der Waals surface area contributed by atoms with E-state index in [1.54, 1.807) is 27.7 Å². The van der Waals surface area contributed by atoms with Crippen LogP contribution < -0.4 is 20.4 Å². The number of carbonyl (C=O) groups excluding carboxylic acids is 2. The van der Waals surface area contributed by atoms with E-state index in [0.29, 0.717) is 66.6 Å². The number of amides is 3. The molecule has 2 N–H and O–H groups in total. The van der Waals surface area contributed by atoms with E-state index < -0.39 is 10.0 Å². The number of carbonyl (C=O) groups is 2. The summed E-state index contributed by atoms with van der Waals surface area (Å²) >= 11 is 5.89. The van der Waals surface area contributed by atoms with Gasteiger partial charge in [-0.25, -0.2) is 23.2 Å². The van der Waals surface area contributed by atoms with Crippen LogP contribution in [-0.2, 0) is 14.8 Å². The van der Waals surface area contributed by atoms with E-state index in [2.05, 4.69) is 42.5 Å². The maximum Gasteiger partial charge on any atom is 0.328 e. The quantitative estimate of drug-likeness (QED) is 0.316. The number of rotatable bonds is 9. The molecule has 4 saturated heterocycles. The van der Waals surface area contributed by atoms with Crippen LogP contribution in [0.25, 0.3) is 0 Å². The highest BCUT2D eigenvalue weighted by Crippen LogP contribution is 2.33. The van der Waals surface area contributed by atoms with Crippen molar-refractivity contribution in [3.63, 3.8) is 0 Å². The van der Waals surface area contributed by atoms with Gasteiger partial charge < -0.3 is 15.1 Å². The molecular weight excluding hydrogens is 676 g/mol. The van der Waals surface area contributed by atoms with Crippen LogP contribution in [0.3, 0.4) is 0 Å². The molecule has 0 saturated carbocycles. The van der Waals surface area contributed by atoms with Gasteiger partial charge in [0, 0.05) is 63.1 Å². The predicted octanol–water partition coefficient (Wildman–Crippen LogP) is 4.94. The Bertz CT molecular complexity index is 1770. The molecule has 0 unspecified atom stereocenters. The van der Waals surface area contributed by atoms with E-state index in [4.69, 9.17) is 11.6 Å². The fraction of sp³-hybridized carbons (Fsp3) is 0.500. The Hall–Kier alpha value is -3.78. The third-order valence-electron chi connectivity index (χ3n) is 10.7. The van der Waals surface area contributed by atoms with Crippen LogP contribution in [0.4, 0.5) is 22.1 Å². The first-order valence-electron chi connectivity index (χ1n) is 17.7. The average molecular weight is 721 g/mol. The van der Waals surface area contributed by atoms with Gasteiger partial charge in [-0.05, 0) is 99.3 Å². The topological polar surface area (TPSA) is 131 Å². The van der Waals surface area contributed by atoms with E-state index in [-0.39, 0.29) is 18.0 Å². The summed E-state index contributed by atoms with van der Waals surface area (Å²) in [5.74, 6) is 1.36. The first-order valence-corrected chi connectivity index (χ1v) is 19.6. The van der Waals surface area contributed by atoms with E-state index in [1.165, 1.54) is 5.56 Å². The van der Waals surface area contributed by atoms with Crippen LogP contribution >= 0.6 is 11.6 Å². The molecule has 3 aromatic rings. The summed E-state index contributed by atoms with van der Waals surface area (Å²) in [4.78, 5) is 39.3. The molecule has 3 amide bonds. The van der Waals surface area contributed by atoms with E-state index in [9.17, 15) is 18.0 Å². The zero-order valence-electron chi connectivity index (χ0n) is 28.2. The maximum atomic E-state index is 13.6. The molecule has 266 valence electrons. The van der Waals surface area contributed by atoms with Gasteiger partial charge in [-0.1, -0.05) is 29.8 Å². The summed E-state index contributed by atoms with van der Waals surface area (Å²) in [6.07, 6.45) is 9.09. The first kappa shape index (κ1) is 34.7. The number of imide groups is 1. The lowest BCUT2D eigenvalue weighted by Crippen LogP contribution is -2.49. The number of benzene rings is 2. The van der Waals surface area contributed by atoms with Gasteiger partial charge in [-0.3, -0.25) is 15.0 Å². The van der Waals surface area contributed by atoms with E-state index in [0.717, 1.165) is 69.8 Å². The summed E-state index contributed by atoms with van der Waals surface area (Å²) in [6, 6.07) is 15.4. The molecule has 0 spiro atoms. The molecule has 12 nitrogen and oxygen atoms in total. The van der Waals surface area contributed by atoms with Crippen molar-refractivity contribution in [2.45, 2.75) is 61.8 Å². The number of sulfonamides is 1. The Balaban J connectivity index is 0.868. The highest BCUT2D eigenvalue weighted by atomic mass is 35.5. The molecule has 0 radical (unpaired) electrons. The van der Waals surface area contributed by atoms with Crippen molar-refractivity contribution in [3.8, 4) is 0 Å². The number of nitrogens with one attached hydrogen (secondary N) is 2. The fourth-order valence-corrected chi connectivity index (χ4v) is 9.35. The van der Waals surface area contributed by atoms with Gasteiger partial charge in [0.1, 0.15) is 0 Å². The van der Waals surface area contributed by atoms with Crippen LogP contribution in [0.1, 0.15) is 56.4 Å². The van der Waals surface area contributed by atoms with Crippen LogP contribution in [0, 0.1) is 5.92 Å². The largest absolute Gasteiger partial charge is 0.371 e. The molecule has 50 heavy (non-hydrogen) atoms. The van der Waals surface area contributed by atoms with Gasteiger partial charge in [0.15, 0.2) is 0 Å². The minimum atomic E-state index is -3.60. The molecule has 4 aliphatic rings. The molecule has 4 fully saturated rings. The van der Waals surface area contributed by atoms with Crippen molar-refractivity contribution in [2.75, 3.05) is 67.5 Å². The number of halogens is 1. The SMILES string of the molecule is O=C1CCN(c2cccc(C3CCN(CC4CCN(c5cccc(S(=O)(=O)N6CCC(Nc7ncc(Cl)cn7)CC6)c5)CC4)CC3)c2)C(=O)N1. The third kappa shape index (κ3) is 8.06. The molecule has 0 aliphatic carbocycles. The summed E-state index contributed by atoms with van der Waals surface area (Å²) in [6.45, 7) is 6.31. The molecule has 14 heteroatoms. The van der Waals surface area contributed by atoms with Gasteiger partial charge in [-0.2, -0.15) is 4.31 Å². The predicted molar refractivity (Wildman–Crippen MR) is 194 cm³/mol. The number of hydrogen-bond donors (Lipinski definition) is 2. The zero-order valence-corrected chi connectivity index (χ0v) is 29.8. The van der Waals surface area contributed by atoms with Gasteiger partial charge in [0.05, 0.1) is 22.3 Å². The number of aromatic nitrogens is 2. The standard InChI is InChI=1S/C36H45ClN8O4S/c37-29-23-38-35(39-24-29)40-30-11-18-44(19-12-30)50(48,49)33-6-2-4-31(22-33)43-16-7-26(8-17-43)25-42-14-9-27(10-15-42)28-3-1-5-32(21-28)45-20-13-34(46)41-36(45)47/h1-6,21-24,26-27,30H,7-20,25H2,(H,38,39,40)(H,41,46,47). The number of likely N-dealkylation sites (tertiary alicyclic amines) is 1. The number of urea groups is 1. The van der Waals surface area contributed by atoms with Crippen molar-refractivity contribution in [1.82, 2.24) is 24.5 Å². The molecular formula is C36H45ClN8O4S. The molecule has 0 atom stereocenters. The highest BCUT2D eigenvalue weighted by Gasteiger charge is 2.31. The van der Waals surface area contributed by atoms with Gasteiger partial charge in [-0.15, -0.1) is 0 Å². The molecule has 0 bridgehead atoms. The summed E-state index contributed by atoms with van der Waals surface area (Å²) < 4.78 is 28.9. The number of anilines is 3. The fourth-order valence-electron chi connectivity index (χ4n) is 7.74.